The highest BCUT2D eigenvalue weighted by atomic mass is 16.3. The number of hydrogen-bond donors (Lipinski definition) is 2. The van der Waals surface area contributed by atoms with E-state index in [4.69, 9.17) is 0 Å². The van der Waals surface area contributed by atoms with Crippen molar-refractivity contribution in [1.29, 1.82) is 0 Å². The second-order valence-corrected chi connectivity index (χ2v) is 10.4. The van der Waals surface area contributed by atoms with E-state index < -0.39 is 0 Å². The van der Waals surface area contributed by atoms with Gasteiger partial charge in [-0.05, 0) is 48.1 Å². The third-order valence-electron chi connectivity index (χ3n) is 5.06. The predicted octanol–water partition coefficient (Wildman–Crippen LogP) is 6.70. The van der Waals surface area contributed by atoms with Crippen LogP contribution in [0.25, 0.3) is 0 Å². The Morgan fingerprint density at radius 2 is 1.52 bits per heavy atom. The summed E-state index contributed by atoms with van der Waals surface area (Å²) in [5.41, 5.74) is 2.66. The fraction of sp³-hybridized carbons (Fsp3) is 0.625. The van der Waals surface area contributed by atoms with Crippen molar-refractivity contribution in [3.05, 3.63) is 35.4 Å². The van der Waals surface area contributed by atoms with Gasteiger partial charge < -0.3 is 10.4 Å². The van der Waals surface area contributed by atoms with Crippen LogP contribution in [0.15, 0.2) is 24.3 Å². The Labute approximate surface area is 166 Å². The first kappa shape index (κ1) is 23.3. The number of aromatic hydroxyl groups is 1. The first-order valence-electron chi connectivity index (χ1n) is 9.95. The maximum absolute atomic E-state index is 12.2. The number of carbonyl (C=O) groups excluding carboxylic acids is 1. The highest BCUT2D eigenvalue weighted by molar-refractivity contribution is 6.03. The van der Waals surface area contributed by atoms with Gasteiger partial charge in [0.15, 0.2) is 0 Å². The van der Waals surface area contributed by atoms with Gasteiger partial charge in [-0.3, -0.25) is 4.79 Å². The molecule has 0 atom stereocenters. The smallest absolute Gasteiger partial charge is 0.250 e. The SMILES string of the molecule is C=C(C)C(=O)Nc1cc(C(C)(C)CCC)c(O)c(C(C)(C)CC(C)(C)C)c1. The highest BCUT2D eigenvalue weighted by Gasteiger charge is 2.33. The second kappa shape index (κ2) is 8.08. The average molecular weight is 374 g/mol. The summed E-state index contributed by atoms with van der Waals surface area (Å²) in [6.07, 6.45) is 2.90. The first-order chi connectivity index (χ1) is 12.1. The Morgan fingerprint density at radius 1 is 1.04 bits per heavy atom. The third kappa shape index (κ3) is 6.12. The van der Waals surface area contributed by atoms with Crippen LogP contribution in [0.4, 0.5) is 5.69 Å². The molecule has 0 aliphatic carbocycles. The van der Waals surface area contributed by atoms with Crippen molar-refractivity contribution in [3.63, 3.8) is 0 Å². The number of hydrogen-bond acceptors (Lipinski definition) is 2. The summed E-state index contributed by atoms with van der Waals surface area (Å²) in [5, 5.41) is 14.2. The number of nitrogens with one attached hydrogen (secondary N) is 1. The zero-order chi connectivity index (χ0) is 21.2. The zero-order valence-electron chi connectivity index (χ0n) is 18.8. The number of rotatable bonds is 7. The van der Waals surface area contributed by atoms with Gasteiger partial charge in [-0.2, -0.15) is 0 Å². The molecule has 0 saturated heterocycles. The molecule has 2 N–H and O–H groups in total. The average Bonchev–Trinajstić information content (AvgIpc) is 2.45. The molecule has 0 fully saturated rings. The number of benzene rings is 1. The molecule has 3 nitrogen and oxygen atoms in total. The Hall–Kier alpha value is -1.77. The van der Waals surface area contributed by atoms with Crippen LogP contribution in [0.3, 0.4) is 0 Å². The molecule has 152 valence electrons. The number of amides is 1. The summed E-state index contributed by atoms with van der Waals surface area (Å²) in [5.74, 6) is 0.163. The lowest BCUT2D eigenvalue weighted by atomic mass is 9.70. The van der Waals surface area contributed by atoms with Crippen molar-refractivity contribution in [1.82, 2.24) is 0 Å². The molecule has 0 aliphatic heterocycles. The Morgan fingerprint density at radius 3 is 1.93 bits per heavy atom. The van der Waals surface area contributed by atoms with Crippen LogP contribution < -0.4 is 5.32 Å². The van der Waals surface area contributed by atoms with E-state index >= 15 is 0 Å². The summed E-state index contributed by atoms with van der Waals surface area (Å²) in [7, 11) is 0. The molecular weight excluding hydrogens is 334 g/mol. The molecule has 0 aliphatic rings. The van der Waals surface area contributed by atoms with E-state index in [1.54, 1.807) is 6.92 Å². The van der Waals surface area contributed by atoms with Gasteiger partial charge in [-0.25, -0.2) is 0 Å². The lowest BCUT2D eigenvalue weighted by molar-refractivity contribution is -0.112. The molecule has 27 heavy (non-hydrogen) atoms. The van der Waals surface area contributed by atoms with Gasteiger partial charge in [0.2, 0.25) is 0 Å². The molecule has 1 aromatic rings. The van der Waals surface area contributed by atoms with Gasteiger partial charge in [0.25, 0.3) is 5.91 Å². The molecule has 1 aromatic carbocycles. The molecule has 1 rings (SSSR count). The third-order valence-corrected chi connectivity index (χ3v) is 5.06. The van der Waals surface area contributed by atoms with E-state index in [9.17, 15) is 9.90 Å². The van der Waals surface area contributed by atoms with Crippen LogP contribution in [0.5, 0.6) is 5.75 Å². The number of anilines is 1. The van der Waals surface area contributed by atoms with E-state index in [1.165, 1.54) is 0 Å². The van der Waals surface area contributed by atoms with Crippen LogP contribution in [-0.4, -0.2) is 11.0 Å². The Kier molecular flexibility index (Phi) is 6.96. The lowest BCUT2D eigenvalue weighted by Crippen LogP contribution is -2.27. The molecule has 0 radical (unpaired) electrons. The Balaban J connectivity index is 3.61. The fourth-order valence-electron chi connectivity index (χ4n) is 4.16. The maximum Gasteiger partial charge on any atom is 0.250 e. The van der Waals surface area contributed by atoms with Gasteiger partial charge in [0.05, 0.1) is 0 Å². The van der Waals surface area contributed by atoms with Crippen LogP contribution in [0.2, 0.25) is 0 Å². The van der Waals surface area contributed by atoms with E-state index in [-0.39, 0.29) is 22.2 Å². The summed E-state index contributed by atoms with van der Waals surface area (Å²) in [4.78, 5) is 12.2. The predicted molar refractivity (Wildman–Crippen MR) is 117 cm³/mol. The van der Waals surface area contributed by atoms with Gasteiger partial charge in [0, 0.05) is 22.4 Å². The van der Waals surface area contributed by atoms with Gasteiger partial charge in [-0.1, -0.05) is 68.4 Å². The van der Waals surface area contributed by atoms with Gasteiger partial charge in [0.1, 0.15) is 5.75 Å². The monoisotopic (exact) mass is 373 g/mol. The molecule has 0 heterocycles. The number of phenolic OH excluding ortho intramolecular Hbond substituents is 1. The van der Waals surface area contributed by atoms with Crippen molar-refractivity contribution >= 4 is 11.6 Å². The molecule has 1 amide bonds. The van der Waals surface area contributed by atoms with Crippen molar-refractivity contribution in [3.8, 4) is 5.75 Å². The highest BCUT2D eigenvalue weighted by Crippen LogP contribution is 2.46. The lowest BCUT2D eigenvalue weighted by Gasteiger charge is -2.36. The quantitative estimate of drug-likeness (QED) is 0.413. The van der Waals surface area contributed by atoms with Crippen molar-refractivity contribution in [2.45, 2.75) is 92.4 Å². The second-order valence-electron chi connectivity index (χ2n) is 10.4. The van der Waals surface area contributed by atoms with Crippen LogP contribution in [0.1, 0.15) is 92.7 Å². The molecule has 3 heteroatoms. The standard InChI is InChI=1S/C24H39NO2/c1-11-12-23(7,8)18-13-17(25-21(27)16(2)3)14-19(20(18)26)24(9,10)15-22(4,5)6/h13-14,26H,2,11-12,15H2,1,3-10H3,(H,25,27). The minimum atomic E-state index is -0.233. The minimum Gasteiger partial charge on any atom is -0.507 e. The molecule has 0 bridgehead atoms. The van der Waals surface area contributed by atoms with E-state index in [1.807, 2.05) is 12.1 Å². The molecule has 0 saturated carbocycles. The van der Waals surface area contributed by atoms with E-state index in [0.717, 1.165) is 36.1 Å². The van der Waals surface area contributed by atoms with Crippen LogP contribution in [0, 0.1) is 5.41 Å². The number of carbonyl (C=O) groups is 1. The van der Waals surface area contributed by atoms with Crippen molar-refractivity contribution in [2.75, 3.05) is 5.32 Å². The summed E-state index contributed by atoms with van der Waals surface area (Å²) in [6.45, 7) is 22.8. The minimum absolute atomic E-state index is 0.117. The molecular formula is C24H39NO2. The normalized spacial score (nSPS) is 12.8. The largest absolute Gasteiger partial charge is 0.507 e. The van der Waals surface area contributed by atoms with Crippen LogP contribution in [-0.2, 0) is 15.6 Å². The van der Waals surface area contributed by atoms with Crippen LogP contribution >= 0.6 is 0 Å². The van der Waals surface area contributed by atoms with Gasteiger partial charge >= 0.3 is 0 Å². The summed E-state index contributed by atoms with van der Waals surface area (Å²) < 4.78 is 0. The van der Waals surface area contributed by atoms with E-state index in [2.05, 4.69) is 67.3 Å². The molecule has 0 aromatic heterocycles. The topological polar surface area (TPSA) is 49.3 Å². The first-order valence-corrected chi connectivity index (χ1v) is 9.95. The summed E-state index contributed by atoms with van der Waals surface area (Å²) in [6, 6.07) is 3.84. The number of phenols is 1. The van der Waals surface area contributed by atoms with Gasteiger partial charge in [-0.15, -0.1) is 0 Å². The fourth-order valence-corrected chi connectivity index (χ4v) is 4.16. The van der Waals surface area contributed by atoms with Crippen molar-refractivity contribution in [2.24, 2.45) is 5.41 Å². The van der Waals surface area contributed by atoms with Crippen molar-refractivity contribution < 1.29 is 9.90 Å². The molecule has 0 unspecified atom stereocenters. The zero-order valence-corrected chi connectivity index (χ0v) is 18.8. The molecule has 0 spiro atoms. The Bertz CT molecular complexity index is 706. The van der Waals surface area contributed by atoms with E-state index in [0.29, 0.717) is 11.3 Å². The maximum atomic E-state index is 12.2. The summed E-state index contributed by atoms with van der Waals surface area (Å²) >= 11 is 0.